The summed E-state index contributed by atoms with van der Waals surface area (Å²) in [5, 5.41) is 10.6. The van der Waals surface area contributed by atoms with Crippen molar-refractivity contribution in [3.8, 4) is 0 Å². The summed E-state index contributed by atoms with van der Waals surface area (Å²) >= 11 is 0. The first-order chi connectivity index (χ1) is 47.7. The van der Waals surface area contributed by atoms with E-state index in [1.54, 1.807) is 0 Å². The topological polar surface area (TPSA) is 237 Å². The van der Waals surface area contributed by atoms with Gasteiger partial charge in [-0.15, -0.1) is 0 Å². The van der Waals surface area contributed by atoms with Crippen molar-refractivity contribution in [2.45, 2.75) is 303 Å². The highest BCUT2D eigenvalue weighted by Gasteiger charge is 2.30. The molecule has 0 heterocycles. The van der Waals surface area contributed by atoms with Gasteiger partial charge in [0, 0.05) is 25.7 Å². The van der Waals surface area contributed by atoms with Gasteiger partial charge in [0.05, 0.1) is 26.4 Å². The number of hydrogen-bond acceptors (Lipinski definition) is 15. The number of rotatable bonds is 69. The zero-order valence-electron chi connectivity index (χ0n) is 60.9. The van der Waals surface area contributed by atoms with E-state index in [0.29, 0.717) is 25.7 Å². The molecule has 0 aliphatic rings. The van der Waals surface area contributed by atoms with Gasteiger partial charge in [-0.25, -0.2) is 9.13 Å². The Bertz CT molecular complexity index is 2380. The maximum absolute atomic E-state index is 13.1. The van der Waals surface area contributed by atoms with Gasteiger partial charge in [-0.05, 0) is 148 Å². The van der Waals surface area contributed by atoms with Gasteiger partial charge >= 0.3 is 39.5 Å². The highest BCUT2D eigenvalue weighted by molar-refractivity contribution is 7.47. The predicted octanol–water partition coefficient (Wildman–Crippen LogP) is 21.3. The van der Waals surface area contributed by atoms with Crippen LogP contribution in [-0.4, -0.2) is 96.7 Å². The fourth-order valence-electron chi connectivity index (χ4n) is 9.45. The molecule has 0 radical (unpaired) electrons. The number of aliphatic hydroxyl groups is 1. The molecule has 0 aromatic carbocycles. The summed E-state index contributed by atoms with van der Waals surface area (Å²) in [7, 11) is -9.97. The third-order valence-corrected chi connectivity index (χ3v) is 17.0. The molecule has 98 heavy (non-hydrogen) atoms. The van der Waals surface area contributed by atoms with Crippen molar-refractivity contribution < 1.29 is 80.2 Å². The second-order valence-electron chi connectivity index (χ2n) is 24.4. The van der Waals surface area contributed by atoms with Gasteiger partial charge in [-0.3, -0.25) is 37.3 Å². The van der Waals surface area contributed by atoms with Gasteiger partial charge in [0.1, 0.15) is 19.3 Å². The van der Waals surface area contributed by atoms with Crippen LogP contribution >= 0.6 is 15.6 Å². The molecule has 0 rings (SSSR count). The van der Waals surface area contributed by atoms with Crippen LogP contribution in [0.1, 0.15) is 285 Å². The molecule has 0 aliphatic heterocycles. The number of phosphoric acid groups is 2. The lowest BCUT2D eigenvalue weighted by Crippen LogP contribution is -2.30. The minimum Gasteiger partial charge on any atom is -0.462 e. The number of hydrogen-bond donors (Lipinski definition) is 3. The summed E-state index contributed by atoms with van der Waals surface area (Å²) in [4.78, 5) is 72.8. The van der Waals surface area contributed by atoms with E-state index in [4.69, 9.17) is 37.0 Å². The lowest BCUT2D eigenvalue weighted by molar-refractivity contribution is -0.161. The zero-order valence-corrected chi connectivity index (χ0v) is 62.7. The van der Waals surface area contributed by atoms with Gasteiger partial charge < -0.3 is 33.8 Å². The van der Waals surface area contributed by atoms with E-state index < -0.39 is 97.5 Å². The Morgan fingerprint density at radius 2 is 0.531 bits per heavy atom. The summed E-state index contributed by atoms with van der Waals surface area (Å²) in [5.74, 6) is -2.25. The van der Waals surface area contributed by atoms with E-state index in [2.05, 4.69) is 161 Å². The summed E-state index contributed by atoms with van der Waals surface area (Å²) in [6.07, 6.45) is 77.4. The molecule has 0 bridgehead atoms. The Hall–Kier alpha value is -4.80. The summed E-state index contributed by atoms with van der Waals surface area (Å²) in [5.41, 5.74) is 0. The predicted molar refractivity (Wildman–Crippen MR) is 399 cm³/mol. The molecule has 5 atom stereocenters. The summed E-state index contributed by atoms with van der Waals surface area (Å²) in [6, 6.07) is 0. The van der Waals surface area contributed by atoms with Crippen LogP contribution < -0.4 is 0 Å². The molecule has 17 nitrogen and oxygen atoms in total. The normalized spacial score (nSPS) is 14.7. The minimum atomic E-state index is -4.99. The third-order valence-electron chi connectivity index (χ3n) is 15.1. The number of esters is 4. The van der Waals surface area contributed by atoms with Gasteiger partial charge in [0.15, 0.2) is 12.2 Å². The van der Waals surface area contributed by atoms with E-state index >= 15 is 0 Å². The monoisotopic (exact) mass is 1410 g/mol. The smallest absolute Gasteiger partial charge is 0.462 e. The first kappa shape index (κ1) is 93.2. The molecule has 0 aromatic heterocycles. The maximum atomic E-state index is 13.1. The van der Waals surface area contributed by atoms with Crippen LogP contribution in [0.15, 0.2) is 134 Å². The van der Waals surface area contributed by atoms with Crippen molar-refractivity contribution >= 4 is 39.5 Å². The van der Waals surface area contributed by atoms with Crippen LogP contribution in [0.5, 0.6) is 0 Å². The van der Waals surface area contributed by atoms with Crippen LogP contribution in [0.4, 0.5) is 0 Å². The van der Waals surface area contributed by atoms with Crippen molar-refractivity contribution in [1.82, 2.24) is 0 Å². The van der Waals surface area contributed by atoms with Crippen LogP contribution in [0.25, 0.3) is 0 Å². The summed E-state index contributed by atoms with van der Waals surface area (Å²) < 4.78 is 68.4. The molecule has 19 heteroatoms. The first-order valence-electron chi connectivity index (χ1n) is 37.4. The molecule has 0 spiro atoms. The first-order valence-corrected chi connectivity index (χ1v) is 40.4. The van der Waals surface area contributed by atoms with Crippen molar-refractivity contribution in [2.75, 3.05) is 39.6 Å². The lowest BCUT2D eigenvalue weighted by Gasteiger charge is -2.21. The number of carbonyl (C=O) groups is 4. The van der Waals surface area contributed by atoms with E-state index in [-0.39, 0.29) is 25.7 Å². The minimum absolute atomic E-state index is 0.0660. The van der Waals surface area contributed by atoms with E-state index in [1.807, 2.05) is 0 Å². The molecular formula is C79H132O17P2. The zero-order chi connectivity index (χ0) is 71.8. The molecule has 3 N–H and O–H groups in total. The van der Waals surface area contributed by atoms with Gasteiger partial charge in [0.25, 0.3) is 0 Å². The number of aliphatic hydroxyl groups excluding tert-OH is 1. The lowest BCUT2D eigenvalue weighted by atomic mass is 10.1. The summed E-state index contributed by atoms with van der Waals surface area (Å²) in [6.45, 7) is 4.40. The fraction of sp³-hybridized carbons (Fsp3) is 0.671. The second-order valence-corrected chi connectivity index (χ2v) is 27.3. The van der Waals surface area contributed by atoms with Gasteiger partial charge in [0.2, 0.25) is 0 Å². The molecule has 560 valence electrons. The Labute approximate surface area is 593 Å². The maximum Gasteiger partial charge on any atom is 0.472 e. The number of unbranched alkanes of at least 4 members (excludes halogenated alkanes) is 21. The second kappa shape index (κ2) is 70.6. The SMILES string of the molecule is CC/C=C\C/C=C\C/C=C\C/C=C\CCCCCCC(=O)OCC(COP(=O)(O)OCC(O)COP(=O)(O)OCC(COC(=O)CCCCCCC/C=C\C/C=C\C/C=C\CC)OC(=O)CCCCCCC/C=C\CCCC)OC(=O)CCCCCCC/C=C\C/C=C\C/C=C\CC. The Morgan fingerprint density at radius 1 is 0.296 bits per heavy atom. The number of phosphoric ester groups is 2. The highest BCUT2D eigenvalue weighted by Crippen LogP contribution is 2.45. The molecule has 0 saturated heterocycles. The Morgan fingerprint density at radius 3 is 0.827 bits per heavy atom. The Balaban J connectivity index is 5.38. The highest BCUT2D eigenvalue weighted by atomic mass is 31.2. The molecule has 0 amide bonds. The largest absolute Gasteiger partial charge is 0.472 e. The van der Waals surface area contributed by atoms with Crippen LogP contribution in [0.2, 0.25) is 0 Å². The Kier molecular flexibility index (Phi) is 67.2. The molecule has 5 unspecified atom stereocenters. The molecule has 0 aliphatic carbocycles. The fourth-order valence-corrected chi connectivity index (χ4v) is 11.0. The van der Waals surface area contributed by atoms with Gasteiger partial charge in [-0.1, -0.05) is 245 Å². The standard InChI is InChI=1S/C79H132O17P2/c1-5-9-13-17-21-25-29-32-35-36-39-41-45-48-52-56-60-64-77(82)90-70-75(96-79(84)66-62-58-54-50-46-42-38-34-31-27-23-19-15-11-7-3)72-94-98(87,88)92-68-73(80)67-91-97(85,86)93-71-74(95-78(83)65-61-57-53-49-43-28-24-20-16-12-8-4)69-89-76(81)63-59-55-51-47-44-40-37-33-30-26-22-18-14-10-6-2/h9-11,13-15,20-27,32-35,37-39,41,73-75,80H,5-8,12,16-19,28-31,36,40,42-72H2,1-4H3,(H,85,86)(H,87,88)/b13-9-,14-10-,15-11-,24-20-,25-21-,26-22-,27-23-,35-32-,37-33-,38-34-,41-39-. The number of carbonyl (C=O) groups excluding carboxylic acids is 4. The molecule has 0 fully saturated rings. The van der Waals surface area contributed by atoms with Crippen molar-refractivity contribution in [1.29, 1.82) is 0 Å². The van der Waals surface area contributed by atoms with E-state index in [0.717, 1.165) is 193 Å². The van der Waals surface area contributed by atoms with E-state index in [9.17, 15) is 43.2 Å². The molecule has 0 aromatic rings. The number of ether oxygens (including phenoxy) is 4. The third kappa shape index (κ3) is 69.7. The van der Waals surface area contributed by atoms with Crippen LogP contribution in [0, 0.1) is 0 Å². The van der Waals surface area contributed by atoms with Crippen molar-refractivity contribution in [3.63, 3.8) is 0 Å². The molecular weight excluding hydrogens is 1280 g/mol. The molecule has 0 saturated carbocycles. The number of allylic oxidation sites excluding steroid dienone is 22. The van der Waals surface area contributed by atoms with E-state index in [1.165, 1.54) is 12.8 Å². The average molecular weight is 1420 g/mol. The van der Waals surface area contributed by atoms with Crippen LogP contribution in [0.3, 0.4) is 0 Å². The quantitative estimate of drug-likeness (QED) is 0.0169. The van der Waals surface area contributed by atoms with Crippen molar-refractivity contribution in [3.05, 3.63) is 134 Å². The van der Waals surface area contributed by atoms with Crippen molar-refractivity contribution in [2.24, 2.45) is 0 Å². The van der Waals surface area contributed by atoms with Gasteiger partial charge in [-0.2, -0.15) is 0 Å². The van der Waals surface area contributed by atoms with Crippen LogP contribution in [-0.2, 0) is 65.4 Å². The average Bonchev–Trinajstić information content (AvgIpc) is 0.986.